The highest BCUT2D eigenvalue weighted by Crippen LogP contribution is 2.25. The first-order chi connectivity index (χ1) is 9.51. The SMILES string of the molecule is [N-]=[N+]=NCCC(O)C(O)c1ccc([N+](=O)[O-])cc1C=O. The molecule has 2 N–H and O–H groups in total. The second-order valence-corrected chi connectivity index (χ2v) is 3.94. The molecule has 106 valence electrons. The molecule has 2 unspecified atom stereocenters. The molecular weight excluding hydrogens is 268 g/mol. The van der Waals surface area contributed by atoms with Crippen molar-refractivity contribution in [3.8, 4) is 0 Å². The molecule has 0 bridgehead atoms. The van der Waals surface area contributed by atoms with Gasteiger partial charge in [-0.25, -0.2) is 0 Å². The molecule has 2 atom stereocenters. The molecule has 0 heterocycles. The summed E-state index contributed by atoms with van der Waals surface area (Å²) in [6.07, 6.45) is -2.28. The lowest BCUT2D eigenvalue weighted by Gasteiger charge is -2.18. The van der Waals surface area contributed by atoms with Crippen LogP contribution >= 0.6 is 0 Å². The van der Waals surface area contributed by atoms with Gasteiger partial charge in [-0.15, -0.1) is 0 Å². The van der Waals surface area contributed by atoms with Crippen molar-refractivity contribution in [3.63, 3.8) is 0 Å². The van der Waals surface area contributed by atoms with Crippen molar-refractivity contribution in [2.45, 2.75) is 18.6 Å². The van der Waals surface area contributed by atoms with Crippen molar-refractivity contribution in [2.24, 2.45) is 5.11 Å². The van der Waals surface area contributed by atoms with Gasteiger partial charge in [-0.3, -0.25) is 14.9 Å². The van der Waals surface area contributed by atoms with Crippen LogP contribution in [0, 0.1) is 10.1 Å². The number of non-ortho nitro benzene ring substituents is 1. The Labute approximate surface area is 113 Å². The highest BCUT2D eigenvalue weighted by Gasteiger charge is 2.22. The number of carbonyl (C=O) groups excluding carboxylic acids is 1. The summed E-state index contributed by atoms with van der Waals surface area (Å²) in [5, 5.41) is 33.4. The van der Waals surface area contributed by atoms with Crippen molar-refractivity contribution >= 4 is 12.0 Å². The Kier molecular flexibility index (Phi) is 5.60. The molecular formula is C11H12N4O5. The number of hydrogen-bond donors (Lipinski definition) is 2. The van der Waals surface area contributed by atoms with Crippen LogP contribution in [0.3, 0.4) is 0 Å². The molecule has 0 amide bonds. The molecule has 0 fully saturated rings. The number of azide groups is 1. The van der Waals surface area contributed by atoms with Crippen LogP contribution < -0.4 is 0 Å². The Morgan fingerprint density at radius 2 is 2.20 bits per heavy atom. The average Bonchev–Trinajstić information content (AvgIpc) is 2.45. The van der Waals surface area contributed by atoms with Gasteiger partial charge in [-0.2, -0.15) is 0 Å². The molecule has 0 saturated carbocycles. The first kappa shape index (κ1) is 15.6. The monoisotopic (exact) mass is 280 g/mol. The predicted octanol–water partition coefficient (Wildman–Crippen LogP) is 1.50. The maximum absolute atomic E-state index is 10.9. The fourth-order valence-electron chi connectivity index (χ4n) is 1.65. The summed E-state index contributed by atoms with van der Waals surface area (Å²) in [5.74, 6) is 0. The van der Waals surface area contributed by atoms with E-state index < -0.39 is 17.1 Å². The maximum Gasteiger partial charge on any atom is 0.270 e. The molecule has 9 heteroatoms. The van der Waals surface area contributed by atoms with Crippen molar-refractivity contribution < 1.29 is 19.9 Å². The minimum absolute atomic E-state index is 0.000507. The lowest BCUT2D eigenvalue weighted by molar-refractivity contribution is -0.384. The average molecular weight is 280 g/mol. The Bertz CT molecular complexity index is 556. The van der Waals surface area contributed by atoms with Crippen LogP contribution in [0.1, 0.15) is 28.4 Å². The summed E-state index contributed by atoms with van der Waals surface area (Å²) in [6.45, 7) is -0.0157. The number of hydrogen-bond acceptors (Lipinski definition) is 6. The summed E-state index contributed by atoms with van der Waals surface area (Å²) in [4.78, 5) is 23.3. The topological polar surface area (TPSA) is 149 Å². The van der Waals surface area contributed by atoms with Gasteiger partial charge in [0, 0.05) is 29.2 Å². The maximum atomic E-state index is 10.9. The molecule has 9 nitrogen and oxygen atoms in total. The van der Waals surface area contributed by atoms with Gasteiger partial charge >= 0.3 is 0 Å². The number of aliphatic hydroxyl groups is 2. The highest BCUT2D eigenvalue weighted by atomic mass is 16.6. The fourth-order valence-corrected chi connectivity index (χ4v) is 1.65. The van der Waals surface area contributed by atoms with Gasteiger partial charge in [-0.1, -0.05) is 5.11 Å². The molecule has 1 aromatic rings. The number of nitro benzene ring substituents is 1. The summed E-state index contributed by atoms with van der Waals surface area (Å²) < 4.78 is 0. The smallest absolute Gasteiger partial charge is 0.270 e. The molecule has 0 aliphatic carbocycles. The van der Waals surface area contributed by atoms with E-state index in [1.165, 1.54) is 6.07 Å². The van der Waals surface area contributed by atoms with E-state index in [-0.39, 0.29) is 29.8 Å². The second kappa shape index (κ2) is 7.19. The molecule has 0 spiro atoms. The molecule has 20 heavy (non-hydrogen) atoms. The summed E-state index contributed by atoms with van der Waals surface area (Å²) in [7, 11) is 0. The van der Waals surface area contributed by atoms with Crippen LogP contribution in [0.2, 0.25) is 0 Å². The summed E-state index contributed by atoms with van der Waals surface area (Å²) in [6, 6.07) is 3.36. The van der Waals surface area contributed by atoms with Gasteiger partial charge in [-0.05, 0) is 23.6 Å². The van der Waals surface area contributed by atoms with Crippen LogP contribution in [0.25, 0.3) is 10.4 Å². The van der Waals surface area contributed by atoms with E-state index in [0.717, 1.165) is 12.1 Å². The fraction of sp³-hybridized carbons (Fsp3) is 0.364. The molecule has 0 aliphatic heterocycles. The Hall–Kier alpha value is -2.48. The van der Waals surface area contributed by atoms with E-state index in [1.54, 1.807) is 0 Å². The van der Waals surface area contributed by atoms with E-state index in [4.69, 9.17) is 5.53 Å². The van der Waals surface area contributed by atoms with E-state index in [2.05, 4.69) is 10.0 Å². The number of nitro groups is 1. The van der Waals surface area contributed by atoms with Gasteiger partial charge in [0.2, 0.25) is 0 Å². The van der Waals surface area contributed by atoms with E-state index in [0.29, 0.717) is 6.29 Å². The van der Waals surface area contributed by atoms with Crippen molar-refractivity contribution in [3.05, 3.63) is 49.9 Å². The molecule has 0 aromatic heterocycles. The van der Waals surface area contributed by atoms with Gasteiger partial charge in [0.15, 0.2) is 6.29 Å². The minimum atomic E-state index is -1.40. The first-order valence-electron chi connectivity index (χ1n) is 5.61. The summed E-state index contributed by atoms with van der Waals surface area (Å²) >= 11 is 0. The number of carbonyl (C=O) groups is 1. The Balaban J connectivity index is 2.96. The van der Waals surface area contributed by atoms with E-state index in [9.17, 15) is 25.1 Å². The zero-order valence-electron chi connectivity index (χ0n) is 10.3. The Morgan fingerprint density at radius 1 is 1.50 bits per heavy atom. The molecule has 0 aliphatic rings. The van der Waals surface area contributed by atoms with Crippen molar-refractivity contribution in [2.75, 3.05) is 6.54 Å². The lowest BCUT2D eigenvalue weighted by atomic mass is 9.97. The quantitative estimate of drug-likeness (QED) is 0.194. The number of aldehydes is 1. The third-order valence-electron chi connectivity index (χ3n) is 2.68. The lowest BCUT2D eigenvalue weighted by Crippen LogP contribution is -2.20. The second-order valence-electron chi connectivity index (χ2n) is 3.94. The number of nitrogens with zero attached hydrogens (tertiary/aromatic N) is 4. The van der Waals surface area contributed by atoms with Gasteiger partial charge in [0.05, 0.1) is 11.0 Å². The predicted molar refractivity (Wildman–Crippen MR) is 68.1 cm³/mol. The standard InChI is InChI=1S/C11H12N4O5/c12-14-13-4-3-10(17)11(18)9-2-1-8(15(19)20)5-7(9)6-16/h1-2,5-6,10-11,17-18H,3-4H2. The molecule has 1 rings (SSSR count). The van der Waals surface area contributed by atoms with Crippen molar-refractivity contribution in [1.82, 2.24) is 0 Å². The van der Waals surface area contributed by atoms with Gasteiger partial charge < -0.3 is 10.2 Å². The number of aliphatic hydroxyl groups excluding tert-OH is 2. The van der Waals surface area contributed by atoms with Crippen LogP contribution in [0.5, 0.6) is 0 Å². The third-order valence-corrected chi connectivity index (χ3v) is 2.68. The summed E-state index contributed by atoms with van der Waals surface area (Å²) in [5.41, 5.74) is 7.83. The van der Waals surface area contributed by atoms with E-state index >= 15 is 0 Å². The number of rotatable bonds is 7. The van der Waals surface area contributed by atoms with Gasteiger partial charge in [0.1, 0.15) is 6.10 Å². The van der Waals surface area contributed by atoms with Crippen LogP contribution in [0.15, 0.2) is 23.3 Å². The number of benzene rings is 1. The molecule has 1 aromatic carbocycles. The third kappa shape index (κ3) is 3.75. The zero-order chi connectivity index (χ0) is 15.1. The largest absolute Gasteiger partial charge is 0.390 e. The van der Waals surface area contributed by atoms with Crippen molar-refractivity contribution in [1.29, 1.82) is 0 Å². The van der Waals surface area contributed by atoms with Crippen LogP contribution in [0.4, 0.5) is 5.69 Å². The van der Waals surface area contributed by atoms with E-state index in [1.807, 2.05) is 0 Å². The van der Waals surface area contributed by atoms with Crippen LogP contribution in [-0.2, 0) is 0 Å². The molecule has 0 radical (unpaired) electrons. The van der Waals surface area contributed by atoms with Crippen LogP contribution in [-0.4, -0.2) is 34.1 Å². The normalized spacial score (nSPS) is 13.1. The Morgan fingerprint density at radius 3 is 2.75 bits per heavy atom. The molecule has 0 saturated heterocycles. The van der Waals surface area contributed by atoms with Gasteiger partial charge in [0.25, 0.3) is 5.69 Å². The zero-order valence-corrected chi connectivity index (χ0v) is 10.3. The first-order valence-corrected chi connectivity index (χ1v) is 5.61. The highest BCUT2D eigenvalue weighted by molar-refractivity contribution is 5.79. The minimum Gasteiger partial charge on any atom is -0.390 e.